The summed E-state index contributed by atoms with van der Waals surface area (Å²) in [7, 11) is 0. The van der Waals surface area contributed by atoms with Gasteiger partial charge in [0.2, 0.25) is 0 Å². The predicted octanol–water partition coefficient (Wildman–Crippen LogP) is 5.56. The lowest BCUT2D eigenvalue weighted by Crippen LogP contribution is -2.11. The molecule has 2 aromatic carbocycles. The average molecular weight is 322 g/mol. The van der Waals surface area contributed by atoms with Crippen LogP contribution in [0.4, 0.5) is 0 Å². The molecule has 1 heterocycles. The molecule has 2 N–H and O–H groups in total. The van der Waals surface area contributed by atoms with E-state index in [1.165, 1.54) is 0 Å². The molecule has 3 aromatic rings. The summed E-state index contributed by atoms with van der Waals surface area (Å²) in [5, 5.41) is 5.64. The van der Waals surface area contributed by atoms with E-state index in [9.17, 15) is 0 Å². The Balaban J connectivity index is 2.20. The zero-order valence-electron chi connectivity index (χ0n) is 10.9. The molecule has 1 nitrogen and oxygen atoms in total. The molecule has 1 atom stereocenters. The maximum atomic E-state index is 6.43. The van der Waals surface area contributed by atoms with Gasteiger partial charge < -0.3 is 5.73 Å². The minimum atomic E-state index is -0.233. The first kappa shape index (κ1) is 13.9. The van der Waals surface area contributed by atoms with Crippen molar-refractivity contribution in [3.05, 3.63) is 67.8 Å². The van der Waals surface area contributed by atoms with E-state index in [2.05, 4.69) is 0 Å². The summed E-state index contributed by atoms with van der Waals surface area (Å²) in [6, 6.07) is 11.7. The third-order valence-corrected chi connectivity index (χ3v) is 5.57. The average Bonchev–Trinajstić information content (AvgIpc) is 2.79. The highest BCUT2D eigenvalue weighted by molar-refractivity contribution is 7.10. The number of aryl methyl sites for hydroxylation is 1. The monoisotopic (exact) mass is 321 g/mol. The van der Waals surface area contributed by atoms with Gasteiger partial charge in [-0.15, -0.1) is 11.3 Å². The first-order valence-corrected chi connectivity index (χ1v) is 7.89. The van der Waals surface area contributed by atoms with Crippen molar-refractivity contribution in [2.24, 2.45) is 5.73 Å². The maximum Gasteiger partial charge on any atom is 0.0667 e. The Kier molecular flexibility index (Phi) is 3.74. The van der Waals surface area contributed by atoms with Gasteiger partial charge in [0, 0.05) is 15.3 Å². The van der Waals surface area contributed by atoms with Crippen molar-refractivity contribution in [1.29, 1.82) is 0 Å². The molecule has 0 aliphatic carbocycles. The minimum Gasteiger partial charge on any atom is -0.320 e. The molecule has 0 amide bonds. The van der Waals surface area contributed by atoms with Gasteiger partial charge in [0.05, 0.1) is 11.1 Å². The molecule has 1 unspecified atom stereocenters. The Hall–Kier alpha value is -1.06. The Bertz CT molecular complexity index is 779. The van der Waals surface area contributed by atoms with Crippen molar-refractivity contribution < 1.29 is 0 Å². The lowest BCUT2D eigenvalue weighted by Gasteiger charge is -2.15. The second-order valence-electron chi connectivity index (χ2n) is 4.76. The third-order valence-electron chi connectivity index (χ3n) is 3.45. The van der Waals surface area contributed by atoms with Crippen LogP contribution in [0.5, 0.6) is 0 Å². The van der Waals surface area contributed by atoms with Gasteiger partial charge >= 0.3 is 0 Å². The summed E-state index contributed by atoms with van der Waals surface area (Å²) in [6.07, 6.45) is 0. The molecule has 0 saturated heterocycles. The summed E-state index contributed by atoms with van der Waals surface area (Å²) in [4.78, 5) is 0.997. The normalized spacial score (nSPS) is 12.8. The number of hydrogen-bond acceptors (Lipinski definition) is 2. The molecular formula is C16H13Cl2NS. The Morgan fingerprint density at radius 3 is 2.40 bits per heavy atom. The van der Waals surface area contributed by atoms with Crippen molar-refractivity contribution in [3.8, 4) is 0 Å². The third kappa shape index (κ3) is 2.23. The summed E-state index contributed by atoms with van der Waals surface area (Å²) >= 11 is 14.2. The summed E-state index contributed by atoms with van der Waals surface area (Å²) in [5.74, 6) is 0. The highest BCUT2D eigenvalue weighted by Crippen LogP contribution is 2.37. The van der Waals surface area contributed by atoms with Crippen molar-refractivity contribution >= 4 is 45.3 Å². The van der Waals surface area contributed by atoms with Crippen LogP contribution in [0.15, 0.2) is 41.8 Å². The van der Waals surface area contributed by atoms with Gasteiger partial charge in [0.25, 0.3) is 0 Å². The molecule has 3 rings (SSSR count). The predicted molar refractivity (Wildman–Crippen MR) is 89.1 cm³/mol. The molecule has 1 aromatic heterocycles. The van der Waals surface area contributed by atoms with Crippen molar-refractivity contribution in [3.63, 3.8) is 0 Å². The standard InChI is InChI=1S/C16H13Cl2NS/c1-9-8-20-16(14(9)18)15(19)12-6-7-13(17)11-5-3-2-4-10(11)12/h2-8,15H,19H2,1H3. The van der Waals surface area contributed by atoms with Gasteiger partial charge in [0.1, 0.15) is 0 Å². The molecule has 4 heteroatoms. The number of benzene rings is 2. The Morgan fingerprint density at radius 2 is 1.75 bits per heavy atom. The molecule has 0 aliphatic rings. The van der Waals surface area contributed by atoms with E-state index >= 15 is 0 Å². The first-order chi connectivity index (χ1) is 9.59. The van der Waals surface area contributed by atoms with E-state index in [4.69, 9.17) is 28.9 Å². The first-order valence-electron chi connectivity index (χ1n) is 6.26. The zero-order valence-corrected chi connectivity index (χ0v) is 13.2. The quantitative estimate of drug-likeness (QED) is 0.656. The van der Waals surface area contributed by atoms with E-state index in [0.717, 1.165) is 36.8 Å². The van der Waals surface area contributed by atoms with Gasteiger partial charge in [0.15, 0.2) is 0 Å². The van der Waals surface area contributed by atoms with Gasteiger partial charge in [-0.3, -0.25) is 0 Å². The second-order valence-corrected chi connectivity index (χ2v) is 6.45. The molecule has 0 aliphatic heterocycles. The fraction of sp³-hybridized carbons (Fsp3) is 0.125. The number of hydrogen-bond donors (Lipinski definition) is 1. The van der Waals surface area contributed by atoms with Crippen LogP contribution in [0.3, 0.4) is 0 Å². The van der Waals surface area contributed by atoms with Crippen LogP contribution in [0.25, 0.3) is 10.8 Å². The lowest BCUT2D eigenvalue weighted by molar-refractivity contribution is 0.903. The fourth-order valence-electron chi connectivity index (χ4n) is 2.36. The van der Waals surface area contributed by atoms with E-state index in [1.54, 1.807) is 11.3 Å². The van der Waals surface area contributed by atoms with Crippen LogP contribution in [0.1, 0.15) is 22.0 Å². The van der Waals surface area contributed by atoms with Gasteiger partial charge in [-0.05, 0) is 34.9 Å². The van der Waals surface area contributed by atoms with Crippen LogP contribution >= 0.6 is 34.5 Å². The molecule has 20 heavy (non-hydrogen) atoms. The van der Waals surface area contributed by atoms with E-state index < -0.39 is 0 Å². The number of nitrogens with two attached hydrogens (primary N) is 1. The minimum absolute atomic E-state index is 0.233. The van der Waals surface area contributed by atoms with Crippen molar-refractivity contribution in [1.82, 2.24) is 0 Å². The molecule has 0 bridgehead atoms. The molecule has 102 valence electrons. The van der Waals surface area contributed by atoms with Crippen molar-refractivity contribution in [2.75, 3.05) is 0 Å². The maximum absolute atomic E-state index is 6.43. The van der Waals surface area contributed by atoms with Crippen LogP contribution in [-0.4, -0.2) is 0 Å². The van der Waals surface area contributed by atoms with Crippen LogP contribution in [0.2, 0.25) is 10.0 Å². The van der Waals surface area contributed by atoms with E-state index in [-0.39, 0.29) is 6.04 Å². The lowest BCUT2D eigenvalue weighted by atomic mass is 9.98. The Morgan fingerprint density at radius 1 is 1.05 bits per heavy atom. The summed E-state index contributed by atoms with van der Waals surface area (Å²) in [5.41, 5.74) is 8.55. The molecular weight excluding hydrogens is 309 g/mol. The smallest absolute Gasteiger partial charge is 0.0667 e. The second kappa shape index (κ2) is 5.38. The van der Waals surface area contributed by atoms with Crippen LogP contribution in [-0.2, 0) is 0 Å². The van der Waals surface area contributed by atoms with E-state index in [0.29, 0.717) is 0 Å². The zero-order chi connectivity index (χ0) is 14.3. The van der Waals surface area contributed by atoms with Gasteiger partial charge in [-0.25, -0.2) is 0 Å². The highest BCUT2D eigenvalue weighted by atomic mass is 35.5. The molecule has 0 spiro atoms. The summed E-state index contributed by atoms with van der Waals surface area (Å²) in [6.45, 7) is 2.00. The van der Waals surface area contributed by atoms with Crippen LogP contribution in [0, 0.1) is 6.92 Å². The number of halogens is 2. The summed E-state index contributed by atoms with van der Waals surface area (Å²) < 4.78 is 0. The Labute approximate surface area is 131 Å². The van der Waals surface area contributed by atoms with Gasteiger partial charge in [-0.2, -0.15) is 0 Å². The van der Waals surface area contributed by atoms with Gasteiger partial charge in [-0.1, -0.05) is 53.5 Å². The van der Waals surface area contributed by atoms with Crippen molar-refractivity contribution in [2.45, 2.75) is 13.0 Å². The SMILES string of the molecule is Cc1csc(C(N)c2ccc(Cl)c3ccccc23)c1Cl. The molecule has 0 fully saturated rings. The topological polar surface area (TPSA) is 26.0 Å². The highest BCUT2D eigenvalue weighted by Gasteiger charge is 2.18. The number of thiophene rings is 1. The molecule has 0 saturated carbocycles. The number of rotatable bonds is 2. The van der Waals surface area contributed by atoms with Crippen LogP contribution < -0.4 is 5.73 Å². The number of fused-ring (bicyclic) bond motifs is 1. The fourth-order valence-corrected chi connectivity index (χ4v) is 3.92. The van der Waals surface area contributed by atoms with E-state index in [1.807, 2.05) is 48.7 Å². The molecule has 0 radical (unpaired) electrons. The largest absolute Gasteiger partial charge is 0.320 e.